The van der Waals surface area contributed by atoms with Gasteiger partial charge < -0.3 is 10.1 Å². The van der Waals surface area contributed by atoms with Crippen molar-refractivity contribution in [2.75, 3.05) is 6.61 Å². The van der Waals surface area contributed by atoms with Gasteiger partial charge in [0.2, 0.25) is 0 Å². The van der Waals surface area contributed by atoms with Crippen molar-refractivity contribution in [1.82, 2.24) is 10.2 Å². The molecule has 1 N–H and O–H groups in total. The molecule has 1 aliphatic heterocycles. The molecule has 3 rings (SSSR count). The zero-order valence-corrected chi connectivity index (χ0v) is 16.1. The van der Waals surface area contributed by atoms with Crippen LogP contribution in [-0.4, -0.2) is 28.4 Å². The molecule has 1 heterocycles. The van der Waals surface area contributed by atoms with Crippen molar-refractivity contribution in [3.05, 3.63) is 87.1 Å². The Hall–Kier alpha value is -3.68. The van der Waals surface area contributed by atoms with Gasteiger partial charge in [0.25, 0.3) is 5.69 Å². The zero-order chi connectivity index (χ0) is 21.0. The second-order valence-corrected chi connectivity index (χ2v) is 6.49. The summed E-state index contributed by atoms with van der Waals surface area (Å²) in [7, 11) is 0. The number of nitrogens with one attached hydrogen (secondary N) is 1. The number of para-hydroxylation sites is 1. The fourth-order valence-electron chi connectivity index (χ4n) is 3.34. The van der Waals surface area contributed by atoms with Gasteiger partial charge in [0.15, 0.2) is 0 Å². The lowest BCUT2D eigenvalue weighted by atomic mass is 9.93. The third-order valence-electron chi connectivity index (χ3n) is 4.72. The Balaban J connectivity index is 2.10. The lowest BCUT2D eigenvalue weighted by Gasteiger charge is -2.35. The summed E-state index contributed by atoms with van der Waals surface area (Å²) in [5.41, 5.74) is 1.52. The van der Waals surface area contributed by atoms with Crippen molar-refractivity contribution in [1.29, 1.82) is 0 Å². The van der Waals surface area contributed by atoms with Crippen molar-refractivity contribution in [2.45, 2.75) is 26.4 Å². The molecule has 0 bridgehead atoms. The van der Waals surface area contributed by atoms with Crippen LogP contribution in [-0.2, 0) is 16.1 Å². The van der Waals surface area contributed by atoms with Gasteiger partial charge >= 0.3 is 12.0 Å². The topological polar surface area (TPSA) is 102 Å². The highest BCUT2D eigenvalue weighted by Gasteiger charge is 2.39. The summed E-state index contributed by atoms with van der Waals surface area (Å²) in [5.74, 6) is -0.619. The highest BCUT2D eigenvalue weighted by Crippen LogP contribution is 2.36. The molecule has 0 spiro atoms. The average molecular weight is 395 g/mol. The maximum atomic E-state index is 12.9. The molecule has 0 fully saturated rings. The summed E-state index contributed by atoms with van der Waals surface area (Å²) < 4.78 is 5.19. The molecule has 2 amide bonds. The number of ether oxygens (including phenoxy) is 1. The van der Waals surface area contributed by atoms with E-state index in [0.717, 1.165) is 5.56 Å². The number of carbonyl (C=O) groups excluding carboxylic acids is 2. The smallest absolute Gasteiger partial charge is 0.338 e. The maximum Gasteiger partial charge on any atom is 0.338 e. The number of amides is 2. The predicted molar refractivity (Wildman–Crippen MR) is 106 cm³/mol. The Morgan fingerprint density at radius 1 is 1.17 bits per heavy atom. The lowest BCUT2D eigenvalue weighted by molar-refractivity contribution is -0.385. The second-order valence-electron chi connectivity index (χ2n) is 6.49. The second kappa shape index (κ2) is 8.55. The van der Waals surface area contributed by atoms with Crippen molar-refractivity contribution >= 4 is 17.7 Å². The normalized spacial score (nSPS) is 16.4. The van der Waals surface area contributed by atoms with E-state index in [1.807, 2.05) is 30.3 Å². The van der Waals surface area contributed by atoms with E-state index in [9.17, 15) is 19.7 Å². The molecule has 8 heteroatoms. The summed E-state index contributed by atoms with van der Waals surface area (Å²) >= 11 is 0. The fourth-order valence-corrected chi connectivity index (χ4v) is 3.34. The van der Waals surface area contributed by atoms with Crippen LogP contribution in [0, 0.1) is 10.1 Å². The van der Waals surface area contributed by atoms with Crippen LogP contribution in [0.2, 0.25) is 0 Å². The molecule has 1 aliphatic rings. The van der Waals surface area contributed by atoms with E-state index in [2.05, 4.69) is 5.32 Å². The Labute approximate surface area is 167 Å². The number of nitro benzene ring substituents is 1. The first-order valence-electron chi connectivity index (χ1n) is 9.17. The van der Waals surface area contributed by atoms with Crippen molar-refractivity contribution < 1.29 is 19.2 Å². The summed E-state index contributed by atoms with van der Waals surface area (Å²) in [4.78, 5) is 38.0. The SMILES string of the molecule is CCOC(=O)C1=C(C)N(Cc2ccccc2)C(=O)N[C@H]1c1ccccc1[N+](=O)[O-]. The van der Waals surface area contributed by atoms with Crippen LogP contribution in [0.4, 0.5) is 10.5 Å². The van der Waals surface area contributed by atoms with Crippen molar-refractivity contribution in [3.63, 3.8) is 0 Å². The fraction of sp³-hybridized carbons (Fsp3) is 0.238. The monoisotopic (exact) mass is 395 g/mol. The average Bonchev–Trinajstić information content (AvgIpc) is 2.71. The third-order valence-corrected chi connectivity index (χ3v) is 4.72. The van der Waals surface area contributed by atoms with Crippen LogP contribution in [0.1, 0.15) is 31.0 Å². The van der Waals surface area contributed by atoms with Gasteiger partial charge in [-0.1, -0.05) is 42.5 Å². The molecule has 0 radical (unpaired) electrons. The van der Waals surface area contributed by atoms with E-state index in [0.29, 0.717) is 5.70 Å². The van der Waals surface area contributed by atoms with Crippen molar-refractivity contribution in [3.8, 4) is 0 Å². The van der Waals surface area contributed by atoms with Crippen molar-refractivity contribution in [2.24, 2.45) is 0 Å². The van der Waals surface area contributed by atoms with Gasteiger partial charge in [0, 0.05) is 11.8 Å². The van der Waals surface area contributed by atoms with Gasteiger partial charge in [-0.2, -0.15) is 0 Å². The number of allylic oxidation sites excluding steroid dienone is 1. The quantitative estimate of drug-likeness (QED) is 0.456. The Kier molecular flexibility index (Phi) is 5.92. The molecule has 0 unspecified atom stereocenters. The number of nitro groups is 1. The summed E-state index contributed by atoms with van der Waals surface area (Å²) in [6, 6.07) is 14.0. The lowest BCUT2D eigenvalue weighted by Crippen LogP contribution is -2.47. The summed E-state index contributed by atoms with van der Waals surface area (Å²) in [6.45, 7) is 3.73. The third kappa shape index (κ3) is 4.11. The largest absolute Gasteiger partial charge is 0.463 e. The number of esters is 1. The number of hydrogen-bond donors (Lipinski definition) is 1. The molecule has 1 atom stereocenters. The van der Waals surface area contributed by atoms with Crippen LogP contribution in [0.25, 0.3) is 0 Å². The Morgan fingerprint density at radius 2 is 1.83 bits per heavy atom. The van der Waals surface area contributed by atoms with Crippen LogP contribution >= 0.6 is 0 Å². The molecule has 29 heavy (non-hydrogen) atoms. The summed E-state index contributed by atoms with van der Waals surface area (Å²) in [5, 5.41) is 14.2. The number of carbonyl (C=O) groups is 2. The predicted octanol–water partition coefficient (Wildman–Crippen LogP) is 3.70. The molecular formula is C21H21N3O5. The summed E-state index contributed by atoms with van der Waals surface area (Å²) in [6.07, 6.45) is 0. The highest BCUT2D eigenvalue weighted by molar-refractivity contribution is 5.95. The van der Waals surface area contributed by atoms with E-state index in [4.69, 9.17) is 4.74 Å². The first kappa shape index (κ1) is 20.1. The molecule has 0 saturated heterocycles. The van der Waals surface area contributed by atoms with Gasteiger partial charge in [0.1, 0.15) is 0 Å². The first-order chi connectivity index (χ1) is 13.9. The molecule has 0 saturated carbocycles. The minimum atomic E-state index is -0.977. The van der Waals surface area contributed by atoms with E-state index in [1.165, 1.54) is 23.1 Å². The zero-order valence-electron chi connectivity index (χ0n) is 16.1. The van der Waals surface area contributed by atoms with Gasteiger partial charge in [-0.15, -0.1) is 0 Å². The minimum Gasteiger partial charge on any atom is -0.463 e. The number of nitrogens with zero attached hydrogens (tertiary/aromatic N) is 2. The van der Waals surface area contributed by atoms with Gasteiger partial charge in [-0.05, 0) is 25.5 Å². The van der Waals surface area contributed by atoms with E-state index >= 15 is 0 Å². The van der Waals surface area contributed by atoms with Crippen LogP contribution in [0.5, 0.6) is 0 Å². The number of benzene rings is 2. The minimum absolute atomic E-state index is 0.145. The molecule has 8 nitrogen and oxygen atoms in total. The van der Waals surface area contributed by atoms with Crippen LogP contribution in [0.3, 0.4) is 0 Å². The molecule has 2 aromatic rings. The van der Waals surface area contributed by atoms with Gasteiger partial charge in [0.05, 0.1) is 35.3 Å². The van der Waals surface area contributed by atoms with E-state index in [-0.39, 0.29) is 30.0 Å². The Bertz CT molecular complexity index is 971. The first-order valence-corrected chi connectivity index (χ1v) is 9.17. The Morgan fingerprint density at radius 3 is 2.48 bits per heavy atom. The molecule has 2 aromatic carbocycles. The van der Waals surface area contributed by atoms with Crippen LogP contribution in [0.15, 0.2) is 65.9 Å². The number of rotatable bonds is 6. The standard InChI is InChI=1S/C21H21N3O5/c1-3-29-20(25)18-14(2)23(13-15-9-5-4-6-10-15)21(26)22-19(18)16-11-7-8-12-17(16)24(27)28/h4-12,19H,3,13H2,1-2H3,(H,22,26)/t19-/m0/s1. The van der Waals surface area contributed by atoms with E-state index in [1.54, 1.807) is 19.9 Å². The number of urea groups is 1. The molecular weight excluding hydrogens is 374 g/mol. The molecule has 0 aliphatic carbocycles. The highest BCUT2D eigenvalue weighted by atomic mass is 16.6. The molecule has 0 aromatic heterocycles. The van der Waals surface area contributed by atoms with Gasteiger partial charge in [-0.3, -0.25) is 15.0 Å². The van der Waals surface area contributed by atoms with Gasteiger partial charge in [-0.25, -0.2) is 9.59 Å². The van der Waals surface area contributed by atoms with E-state index < -0.39 is 23.0 Å². The maximum absolute atomic E-state index is 12.9. The number of hydrogen-bond acceptors (Lipinski definition) is 5. The van der Waals surface area contributed by atoms with Crippen LogP contribution < -0.4 is 5.32 Å². The molecule has 150 valence electrons.